The molecule has 9 nitrogen and oxygen atoms in total. The molecule has 0 aromatic carbocycles. The summed E-state index contributed by atoms with van der Waals surface area (Å²) in [7, 11) is -4.46. The summed E-state index contributed by atoms with van der Waals surface area (Å²) in [5.74, 6) is -0.769. The Hall–Kier alpha value is -1.95. The number of rotatable bonds is 8. The second kappa shape index (κ2) is 8.78. The van der Waals surface area contributed by atoms with E-state index in [9.17, 15) is 9.36 Å². The summed E-state index contributed by atoms with van der Waals surface area (Å²) in [6.45, 7) is 11.4. The molecule has 1 heterocycles. The number of allylic oxidation sites excluding steroid dienone is 5. The number of carbonyl (C=O) groups excluding carboxylic acids is 1. The molecule has 24 heavy (non-hydrogen) atoms. The number of nitrogens with two attached hydrogens (primary N) is 1. The lowest BCUT2D eigenvalue weighted by atomic mass is 10.1. The fourth-order valence-electron chi connectivity index (χ4n) is 2.15. The average Bonchev–Trinajstić information content (AvgIpc) is 2.44. The highest BCUT2D eigenvalue weighted by atomic mass is 31.2. The van der Waals surface area contributed by atoms with Crippen molar-refractivity contribution in [3.8, 4) is 0 Å². The molecule has 0 radical (unpaired) electrons. The fourth-order valence-corrected chi connectivity index (χ4v) is 2.46. The van der Waals surface area contributed by atoms with E-state index in [0.717, 1.165) is 11.4 Å². The predicted molar refractivity (Wildman–Crippen MR) is 85.9 cm³/mol. The van der Waals surface area contributed by atoms with Gasteiger partial charge in [0.15, 0.2) is 0 Å². The number of phosphoric acid groups is 1. The van der Waals surface area contributed by atoms with E-state index in [1.807, 2.05) is 18.7 Å². The summed E-state index contributed by atoms with van der Waals surface area (Å²) >= 11 is 0. The molecule has 0 aliphatic carbocycles. The Morgan fingerprint density at radius 1 is 1.29 bits per heavy atom. The van der Waals surface area contributed by atoms with E-state index in [-0.39, 0.29) is 18.9 Å². The first-order chi connectivity index (χ1) is 11.2. The van der Waals surface area contributed by atoms with E-state index in [4.69, 9.17) is 26.8 Å². The number of hydrogen-bond acceptors (Lipinski definition) is 5. The minimum absolute atomic E-state index is 0.0547. The number of primary amides is 1. The summed E-state index contributed by atoms with van der Waals surface area (Å²) in [4.78, 5) is 33.4. The lowest BCUT2D eigenvalue weighted by Crippen LogP contribution is -2.27. The van der Waals surface area contributed by atoms with Gasteiger partial charge in [-0.15, -0.1) is 0 Å². The largest absolute Gasteiger partial charge is 0.469 e. The summed E-state index contributed by atoms with van der Waals surface area (Å²) in [6.07, 6.45) is 3.39. The molecule has 0 bridgehead atoms. The second-order valence-electron chi connectivity index (χ2n) is 4.94. The van der Waals surface area contributed by atoms with Gasteiger partial charge in [-0.1, -0.05) is 0 Å². The maximum atomic E-state index is 11.3. The maximum absolute atomic E-state index is 11.3. The molecular formula is C14H20N3O6P. The van der Waals surface area contributed by atoms with Crippen LogP contribution in [0.5, 0.6) is 0 Å². The van der Waals surface area contributed by atoms with Gasteiger partial charge in [0.1, 0.15) is 0 Å². The van der Waals surface area contributed by atoms with Gasteiger partial charge in [0, 0.05) is 17.9 Å². The van der Waals surface area contributed by atoms with Gasteiger partial charge in [0.25, 0.3) is 5.70 Å². The van der Waals surface area contributed by atoms with Crippen molar-refractivity contribution in [3.05, 3.63) is 46.2 Å². The highest BCUT2D eigenvalue weighted by Crippen LogP contribution is 2.35. The lowest BCUT2D eigenvalue weighted by molar-refractivity contribution is -0.114. The van der Waals surface area contributed by atoms with Crippen LogP contribution in [0.1, 0.15) is 13.8 Å². The third-order valence-electron chi connectivity index (χ3n) is 3.15. The van der Waals surface area contributed by atoms with Gasteiger partial charge in [-0.05, 0) is 31.6 Å². The molecule has 0 saturated carbocycles. The van der Waals surface area contributed by atoms with Crippen molar-refractivity contribution in [2.75, 3.05) is 26.4 Å². The van der Waals surface area contributed by atoms with Crippen molar-refractivity contribution in [3.63, 3.8) is 0 Å². The molecule has 1 rings (SSSR count). The van der Waals surface area contributed by atoms with E-state index < -0.39 is 13.7 Å². The normalized spacial score (nSPS) is 14.8. The van der Waals surface area contributed by atoms with E-state index >= 15 is 0 Å². The maximum Gasteiger partial charge on any atom is 0.469 e. The van der Waals surface area contributed by atoms with Crippen molar-refractivity contribution in [1.29, 1.82) is 0 Å². The molecule has 4 N–H and O–H groups in total. The first kappa shape index (κ1) is 20.1. The number of nitrogens with zero attached hydrogens (tertiary/aromatic N) is 2. The molecule has 1 aliphatic rings. The van der Waals surface area contributed by atoms with Gasteiger partial charge >= 0.3 is 7.82 Å². The van der Waals surface area contributed by atoms with Crippen LogP contribution in [-0.2, 0) is 18.6 Å². The molecule has 0 saturated heterocycles. The lowest BCUT2D eigenvalue weighted by Gasteiger charge is -2.29. The van der Waals surface area contributed by atoms with Crippen LogP contribution < -0.4 is 5.73 Å². The van der Waals surface area contributed by atoms with Crippen LogP contribution in [0.3, 0.4) is 0 Å². The van der Waals surface area contributed by atoms with Gasteiger partial charge in [-0.3, -0.25) is 9.32 Å². The summed E-state index contributed by atoms with van der Waals surface area (Å²) in [6, 6.07) is 0. The fraction of sp³-hybridized carbons (Fsp3) is 0.429. The van der Waals surface area contributed by atoms with Crippen molar-refractivity contribution >= 4 is 13.7 Å². The molecule has 0 aromatic rings. The van der Waals surface area contributed by atoms with Crippen LogP contribution in [0, 0.1) is 6.57 Å². The second-order valence-corrected chi connectivity index (χ2v) is 6.18. The molecule has 0 spiro atoms. The minimum atomic E-state index is -4.46. The Morgan fingerprint density at radius 3 is 2.33 bits per heavy atom. The number of carbonyl (C=O) groups is 1. The predicted octanol–water partition coefficient (Wildman–Crippen LogP) is 0.894. The summed E-state index contributed by atoms with van der Waals surface area (Å²) < 4.78 is 20.0. The van der Waals surface area contributed by atoms with Crippen LogP contribution in [0.4, 0.5) is 0 Å². The van der Waals surface area contributed by atoms with Gasteiger partial charge < -0.3 is 25.2 Å². The third kappa shape index (κ3) is 6.28. The molecule has 10 heteroatoms. The van der Waals surface area contributed by atoms with Gasteiger partial charge in [-0.25, -0.2) is 9.41 Å². The molecular weight excluding hydrogens is 337 g/mol. The van der Waals surface area contributed by atoms with Gasteiger partial charge in [-0.2, -0.15) is 0 Å². The van der Waals surface area contributed by atoms with Crippen LogP contribution in [0.25, 0.3) is 4.85 Å². The van der Waals surface area contributed by atoms with Crippen molar-refractivity contribution < 1.29 is 28.4 Å². The number of hydrogen-bond donors (Lipinski definition) is 3. The first-order valence-corrected chi connectivity index (χ1v) is 8.52. The Morgan fingerprint density at radius 2 is 1.88 bits per heavy atom. The molecule has 0 aromatic heterocycles. The molecule has 1 amide bonds. The van der Waals surface area contributed by atoms with Crippen LogP contribution in [-0.4, -0.2) is 47.0 Å². The van der Waals surface area contributed by atoms with Gasteiger partial charge in [0.05, 0.1) is 26.4 Å². The number of amides is 1. The Bertz CT molecular complexity index is 648. The molecule has 0 unspecified atom stereocenters. The van der Waals surface area contributed by atoms with Crippen molar-refractivity contribution in [2.24, 2.45) is 5.73 Å². The molecule has 0 fully saturated rings. The van der Waals surface area contributed by atoms with Crippen LogP contribution in [0.2, 0.25) is 0 Å². The molecule has 0 atom stereocenters. The summed E-state index contributed by atoms with van der Waals surface area (Å²) in [5, 5.41) is 0. The number of ether oxygens (including phenoxy) is 1. The van der Waals surface area contributed by atoms with Gasteiger partial charge in [0.2, 0.25) is 5.91 Å². The highest BCUT2D eigenvalue weighted by Gasteiger charge is 2.18. The summed E-state index contributed by atoms with van der Waals surface area (Å²) in [5.41, 5.74) is 7.19. The zero-order valence-electron chi connectivity index (χ0n) is 13.4. The third-order valence-corrected chi connectivity index (χ3v) is 3.66. The first-order valence-electron chi connectivity index (χ1n) is 6.99. The van der Waals surface area contributed by atoms with Crippen molar-refractivity contribution in [2.45, 2.75) is 13.8 Å². The standard InChI is InChI=1S/C14H20N3O6P/c1-10-8-12(13(16-3)14(15)18)9-11(2)17(10)4-5-22-6-7-23-24(19,20)21/h8-9H,4-7H2,1-2H3,(H2,15,18)(H2,19,20,21). The molecule has 132 valence electrons. The van der Waals surface area contributed by atoms with E-state index in [1.165, 1.54) is 0 Å². The van der Waals surface area contributed by atoms with E-state index in [2.05, 4.69) is 9.37 Å². The topological polar surface area (TPSA) is 127 Å². The van der Waals surface area contributed by atoms with E-state index in [0.29, 0.717) is 18.7 Å². The smallest absolute Gasteiger partial charge is 0.377 e. The monoisotopic (exact) mass is 357 g/mol. The SMILES string of the molecule is [C-]#[N+]C(C(N)=O)=C1C=C(C)N(CCOCCOP(=O)(O)O)C(C)=C1. The zero-order valence-corrected chi connectivity index (χ0v) is 14.3. The Labute approximate surface area is 140 Å². The number of phosphoric ester groups is 1. The quantitative estimate of drug-likeness (QED) is 0.255. The minimum Gasteiger partial charge on any atom is -0.377 e. The van der Waals surface area contributed by atoms with Crippen LogP contribution in [0.15, 0.2) is 34.8 Å². The Balaban J connectivity index is 2.58. The average molecular weight is 357 g/mol. The molecule has 1 aliphatic heterocycles. The van der Waals surface area contributed by atoms with Crippen LogP contribution >= 0.6 is 7.82 Å². The van der Waals surface area contributed by atoms with E-state index in [1.54, 1.807) is 12.2 Å². The highest BCUT2D eigenvalue weighted by molar-refractivity contribution is 7.46. The Kier molecular flexibility index (Phi) is 7.35. The van der Waals surface area contributed by atoms with Crippen molar-refractivity contribution in [1.82, 2.24) is 4.90 Å². The zero-order chi connectivity index (χ0) is 18.3.